The Morgan fingerprint density at radius 3 is 2.06 bits per heavy atom. The second-order valence-corrected chi connectivity index (χ2v) is 3.68. The minimum atomic E-state index is -0.00392. The van der Waals surface area contributed by atoms with Crippen LogP contribution in [0.4, 0.5) is 0 Å². The number of hydrogen-bond acceptors (Lipinski definition) is 5. The molecule has 6 heteroatoms. The van der Waals surface area contributed by atoms with E-state index in [1.54, 1.807) is 0 Å². The van der Waals surface area contributed by atoms with Gasteiger partial charge in [-0.3, -0.25) is 4.79 Å². The number of amides is 1. The predicted octanol–water partition coefficient (Wildman–Crippen LogP) is 0.305. The average Bonchev–Trinajstić information content (AvgIpc) is 2.30. The number of carbonyl (C=O) groups excluding carboxylic acids is 1. The summed E-state index contributed by atoms with van der Waals surface area (Å²) in [5.74, 6) is -0.00392. The van der Waals surface area contributed by atoms with E-state index in [2.05, 4.69) is 10.8 Å². The monoisotopic (exact) mass is 248 g/mol. The molecule has 0 aliphatic heterocycles. The van der Waals surface area contributed by atoms with E-state index < -0.39 is 0 Å². The average molecular weight is 248 g/mol. The Hall–Kier alpha value is -0.690. The number of ether oxygens (including phenoxy) is 2. The van der Waals surface area contributed by atoms with E-state index in [4.69, 9.17) is 14.7 Å². The maximum atomic E-state index is 10.5. The molecule has 0 atom stereocenters. The molecule has 0 radical (unpaired) electrons. The first-order valence-electron chi connectivity index (χ1n) is 6.04. The summed E-state index contributed by atoms with van der Waals surface area (Å²) in [7, 11) is 0. The van der Waals surface area contributed by atoms with Crippen LogP contribution >= 0.6 is 0 Å². The van der Waals surface area contributed by atoms with Gasteiger partial charge in [-0.25, -0.2) is 5.48 Å². The normalized spacial score (nSPS) is 10.5. The number of hydroxylamine groups is 1. The summed E-state index contributed by atoms with van der Waals surface area (Å²) in [6.07, 6.45) is 2.50. The van der Waals surface area contributed by atoms with Crippen molar-refractivity contribution in [1.82, 2.24) is 10.8 Å². The maximum absolute atomic E-state index is 10.5. The van der Waals surface area contributed by atoms with E-state index in [0.29, 0.717) is 39.5 Å². The number of carbonyl (C=O) groups is 1. The second kappa shape index (κ2) is 13.4. The van der Waals surface area contributed by atoms with E-state index in [1.807, 2.05) is 0 Å². The molecule has 1 amide bonds. The van der Waals surface area contributed by atoms with Gasteiger partial charge in [-0.1, -0.05) is 0 Å². The Labute approximate surface area is 103 Å². The summed E-state index contributed by atoms with van der Waals surface area (Å²) in [5, 5.41) is 11.0. The molecule has 0 heterocycles. The summed E-state index contributed by atoms with van der Waals surface area (Å²) in [6, 6.07) is 0. The molecule has 0 saturated carbocycles. The Balaban J connectivity index is 2.91. The minimum Gasteiger partial charge on any atom is -0.381 e. The molecule has 6 nitrogen and oxygen atoms in total. The third-order valence-electron chi connectivity index (χ3n) is 1.99. The number of hydrogen-bond donors (Lipinski definition) is 3. The molecule has 0 spiro atoms. The fourth-order valence-corrected chi connectivity index (χ4v) is 1.16. The molecular formula is C11H24N2O4. The van der Waals surface area contributed by atoms with Crippen LogP contribution in [0.25, 0.3) is 0 Å². The van der Waals surface area contributed by atoms with Crippen molar-refractivity contribution in [3.8, 4) is 0 Å². The molecule has 0 rings (SSSR count). The van der Waals surface area contributed by atoms with E-state index >= 15 is 0 Å². The van der Waals surface area contributed by atoms with Crippen molar-refractivity contribution in [3.63, 3.8) is 0 Å². The predicted molar refractivity (Wildman–Crippen MR) is 64.0 cm³/mol. The summed E-state index contributed by atoms with van der Waals surface area (Å²) < 4.78 is 10.7. The van der Waals surface area contributed by atoms with Gasteiger partial charge in [-0.15, -0.1) is 0 Å². The van der Waals surface area contributed by atoms with Crippen LogP contribution in [0.2, 0.25) is 0 Å². The van der Waals surface area contributed by atoms with E-state index in [-0.39, 0.29) is 5.91 Å². The molecule has 3 N–H and O–H groups in total. The van der Waals surface area contributed by atoms with Crippen LogP contribution in [-0.4, -0.2) is 50.6 Å². The van der Waals surface area contributed by atoms with Crippen molar-refractivity contribution >= 4 is 5.91 Å². The molecule has 0 aliphatic rings. The topological polar surface area (TPSA) is 79.8 Å². The Morgan fingerprint density at radius 1 is 1.00 bits per heavy atom. The smallest absolute Gasteiger partial charge is 0.216 e. The first-order valence-corrected chi connectivity index (χ1v) is 6.04. The quantitative estimate of drug-likeness (QED) is 0.342. The molecule has 0 aromatic carbocycles. The summed E-state index contributed by atoms with van der Waals surface area (Å²) >= 11 is 0. The lowest BCUT2D eigenvalue weighted by molar-refractivity contribution is -0.119. The highest BCUT2D eigenvalue weighted by atomic mass is 16.5. The highest BCUT2D eigenvalue weighted by molar-refractivity contribution is 5.72. The van der Waals surface area contributed by atoms with Crippen LogP contribution < -0.4 is 10.8 Å². The SMILES string of the molecule is CC(=O)NCCCOCCCOCCCNO. The summed E-state index contributed by atoms with van der Waals surface area (Å²) in [5.41, 5.74) is 2.07. The molecular weight excluding hydrogens is 224 g/mol. The molecule has 0 aromatic rings. The van der Waals surface area contributed by atoms with Gasteiger partial charge in [0.05, 0.1) is 0 Å². The van der Waals surface area contributed by atoms with Gasteiger partial charge in [0, 0.05) is 46.4 Å². The Morgan fingerprint density at radius 2 is 1.53 bits per heavy atom. The molecule has 0 bridgehead atoms. The fourth-order valence-electron chi connectivity index (χ4n) is 1.16. The molecule has 102 valence electrons. The van der Waals surface area contributed by atoms with Crippen LogP contribution in [0.3, 0.4) is 0 Å². The number of nitrogens with one attached hydrogen (secondary N) is 2. The van der Waals surface area contributed by atoms with E-state index in [1.165, 1.54) is 6.92 Å². The van der Waals surface area contributed by atoms with Crippen LogP contribution in [0, 0.1) is 0 Å². The van der Waals surface area contributed by atoms with Gasteiger partial charge in [0.2, 0.25) is 5.91 Å². The minimum absolute atomic E-state index is 0.00392. The Kier molecular flexibility index (Phi) is 12.8. The first-order chi connectivity index (χ1) is 8.27. The van der Waals surface area contributed by atoms with Gasteiger partial charge in [0.25, 0.3) is 0 Å². The van der Waals surface area contributed by atoms with Crippen molar-refractivity contribution in [1.29, 1.82) is 0 Å². The lowest BCUT2D eigenvalue weighted by Crippen LogP contribution is -2.22. The van der Waals surface area contributed by atoms with Gasteiger partial charge in [-0.2, -0.15) is 0 Å². The fraction of sp³-hybridized carbons (Fsp3) is 0.909. The molecule has 17 heavy (non-hydrogen) atoms. The molecule has 0 aromatic heterocycles. The summed E-state index contributed by atoms with van der Waals surface area (Å²) in [6.45, 7) is 5.39. The molecule has 0 saturated heterocycles. The molecule has 0 unspecified atom stereocenters. The van der Waals surface area contributed by atoms with Crippen molar-refractivity contribution in [2.45, 2.75) is 26.2 Å². The molecule has 0 aliphatic carbocycles. The summed E-state index contributed by atoms with van der Waals surface area (Å²) in [4.78, 5) is 10.5. The lowest BCUT2D eigenvalue weighted by atomic mass is 10.4. The van der Waals surface area contributed by atoms with Crippen molar-refractivity contribution in [2.24, 2.45) is 0 Å². The highest BCUT2D eigenvalue weighted by Gasteiger charge is 1.93. The third kappa shape index (κ3) is 15.3. The Bertz CT molecular complexity index is 179. The highest BCUT2D eigenvalue weighted by Crippen LogP contribution is 1.88. The van der Waals surface area contributed by atoms with E-state index in [9.17, 15) is 4.79 Å². The molecule has 0 fully saturated rings. The number of rotatable bonds is 12. The third-order valence-corrected chi connectivity index (χ3v) is 1.99. The van der Waals surface area contributed by atoms with Crippen LogP contribution in [0.15, 0.2) is 0 Å². The van der Waals surface area contributed by atoms with Gasteiger partial charge in [-0.05, 0) is 19.3 Å². The first kappa shape index (κ1) is 16.3. The van der Waals surface area contributed by atoms with Crippen LogP contribution in [0.1, 0.15) is 26.2 Å². The van der Waals surface area contributed by atoms with Crippen LogP contribution in [0.5, 0.6) is 0 Å². The standard InChI is InChI=1S/C11H24N2O4/c1-11(14)12-5-2-7-16-9-4-10-17-8-3-6-13-15/h13,15H,2-10H2,1H3,(H,12,14). The zero-order valence-electron chi connectivity index (χ0n) is 10.5. The van der Waals surface area contributed by atoms with Gasteiger partial charge < -0.3 is 20.0 Å². The zero-order valence-corrected chi connectivity index (χ0v) is 10.5. The largest absolute Gasteiger partial charge is 0.381 e. The lowest BCUT2D eigenvalue weighted by Gasteiger charge is -2.05. The zero-order chi connectivity index (χ0) is 12.8. The van der Waals surface area contributed by atoms with Crippen molar-refractivity contribution < 1.29 is 19.5 Å². The van der Waals surface area contributed by atoms with Gasteiger partial charge >= 0.3 is 0 Å². The second-order valence-electron chi connectivity index (χ2n) is 3.68. The van der Waals surface area contributed by atoms with Gasteiger partial charge in [0.15, 0.2) is 0 Å². The maximum Gasteiger partial charge on any atom is 0.216 e. The van der Waals surface area contributed by atoms with Crippen molar-refractivity contribution in [3.05, 3.63) is 0 Å². The van der Waals surface area contributed by atoms with Crippen molar-refractivity contribution in [2.75, 3.05) is 39.5 Å². The van der Waals surface area contributed by atoms with Crippen LogP contribution in [-0.2, 0) is 14.3 Å². The van der Waals surface area contributed by atoms with Gasteiger partial charge in [0.1, 0.15) is 0 Å². The van der Waals surface area contributed by atoms with E-state index in [0.717, 1.165) is 19.3 Å².